The van der Waals surface area contributed by atoms with Crippen molar-refractivity contribution in [2.75, 3.05) is 50.7 Å². The number of piperidine rings is 1. The maximum atomic E-state index is 13.1. The van der Waals surface area contributed by atoms with Gasteiger partial charge in [0.2, 0.25) is 5.91 Å². The number of carbonyl (C=O) groups excluding carboxylic acids is 1. The number of benzene rings is 1. The van der Waals surface area contributed by atoms with Gasteiger partial charge in [0.1, 0.15) is 5.82 Å². The van der Waals surface area contributed by atoms with E-state index in [1.807, 2.05) is 17.0 Å². The van der Waals surface area contributed by atoms with Gasteiger partial charge >= 0.3 is 5.97 Å². The number of carboxylic acid groups (broad SMARTS) is 1. The highest BCUT2D eigenvalue weighted by atomic mass is 19.1. The van der Waals surface area contributed by atoms with E-state index in [1.54, 1.807) is 0 Å². The minimum absolute atomic E-state index is 0.159. The Bertz CT molecular complexity index is 745. The second-order valence-electron chi connectivity index (χ2n) is 9.06. The molecule has 30 heavy (non-hydrogen) atoms. The highest BCUT2D eigenvalue weighted by Crippen LogP contribution is 2.35. The summed E-state index contributed by atoms with van der Waals surface area (Å²) < 4.78 is 13.1. The van der Waals surface area contributed by atoms with Crippen LogP contribution in [-0.4, -0.2) is 72.6 Å². The van der Waals surface area contributed by atoms with E-state index >= 15 is 0 Å². The highest BCUT2D eigenvalue weighted by Gasteiger charge is 2.38. The van der Waals surface area contributed by atoms with Crippen LogP contribution >= 0.6 is 0 Å². The Morgan fingerprint density at radius 2 is 1.67 bits per heavy atom. The Balaban J connectivity index is 1.28. The van der Waals surface area contributed by atoms with Crippen molar-refractivity contribution >= 4 is 17.6 Å². The molecule has 0 aromatic heterocycles. The molecule has 3 fully saturated rings. The topological polar surface area (TPSA) is 64.1 Å². The molecule has 1 aromatic carbocycles. The summed E-state index contributed by atoms with van der Waals surface area (Å²) in [5, 5.41) is 9.31. The number of halogens is 1. The van der Waals surface area contributed by atoms with Gasteiger partial charge in [-0.05, 0) is 68.3 Å². The average Bonchev–Trinajstić information content (AvgIpc) is 3.58. The normalized spacial score (nSPS) is 25.4. The van der Waals surface area contributed by atoms with Crippen LogP contribution in [0.5, 0.6) is 0 Å². The number of nitrogens with zero attached hydrogens (tertiary/aromatic N) is 3. The molecule has 2 unspecified atom stereocenters. The Morgan fingerprint density at radius 3 is 2.30 bits per heavy atom. The zero-order valence-electron chi connectivity index (χ0n) is 17.5. The van der Waals surface area contributed by atoms with Crippen molar-refractivity contribution in [1.29, 1.82) is 0 Å². The molecule has 0 bridgehead atoms. The minimum Gasteiger partial charge on any atom is -0.481 e. The third-order valence-corrected chi connectivity index (χ3v) is 6.95. The van der Waals surface area contributed by atoms with Gasteiger partial charge in [0.25, 0.3) is 0 Å². The molecule has 1 amide bonds. The fraction of sp³-hybridized carbons (Fsp3) is 0.652. The molecule has 1 aromatic rings. The summed E-state index contributed by atoms with van der Waals surface area (Å²) in [4.78, 5) is 30.5. The van der Waals surface area contributed by atoms with Crippen LogP contribution in [0.1, 0.15) is 32.1 Å². The third-order valence-electron chi connectivity index (χ3n) is 6.95. The maximum Gasteiger partial charge on any atom is 0.303 e. The van der Waals surface area contributed by atoms with Crippen molar-refractivity contribution in [2.24, 2.45) is 17.8 Å². The van der Waals surface area contributed by atoms with Crippen LogP contribution in [0, 0.1) is 23.6 Å². The monoisotopic (exact) mass is 417 g/mol. The first kappa shape index (κ1) is 21.1. The second-order valence-corrected chi connectivity index (χ2v) is 9.06. The van der Waals surface area contributed by atoms with Crippen LogP contribution in [-0.2, 0) is 9.59 Å². The molecular formula is C23H32FN3O3. The van der Waals surface area contributed by atoms with Gasteiger partial charge in [0.15, 0.2) is 0 Å². The van der Waals surface area contributed by atoms with E-state index in [0.29, 0.717) is 13.1 Å². The van der Waals surface area contributed by atoms with Gasteiger partial charge in [-0.3, -0.25) is 14.5 Å². The Hall–Kier alpha value is -2.15. The summed E-state index contributed by atoms with van der Waals surface area (Å²) in [6.45, 7) is 6.05. The van der Waals surface area contributed by atoms with Crippen molar-refractivity contribution in [2.45, 2.75) is 32.1 Å². The fourth-order valence-corrected chi connectivity index (χ4v) is 4.92. The molecule has 0 radical (unpaired) electrons. The summed E-state index contributed by atoms with van der Waals surface area (Å²) in [6, 6.07) is 6.66. The van der Waals surface area contributed by atoms with Crippen molar-refractivity contribution in [3.05, 3.63) is 30.1 Å². The van der Waals surface area contributed by atoms with Crippen LogP contribution in [0.4, 0.5) is 10.1 Å². The molecule has 1 N–H and O–H groups in total. The van der Waals surface area contributed by atoms with E-state index in [-0.39, 0.29) is 35.9 Å². The largest absolute Gasteiger partial charge is 0.481 e. The Labute approximate surface area is 177 Å². The molecule has 3 aliphatic rings. The van der Waals surface area contributed by atoms with Crippen molar-refractivity contribution < 1.29 is 19.1 Å². The smallest absolute Gasteiger partial charge is 0.303 e. The lowest BCUT2D eigenvalue weighted by molar-refractivity contribution is -0.140. The summed E-state index contributed by atoms with van der Waals surface area (Å²) in [7, 11) is 0. The van der Waals surface area contributed by atoms with Gasteiger partial charge < -0.3 is 14.9 Å². The van der Waals surface area contributed by atoms with Crippen LogP contribution in [0.3, 0.4) is 0 Å². The molecular weight excluding hydrogens is 385 g/mol. The molecule has 2 atom stereocenters. The summed E-state index contributed by atoms with van der Waals surface area (Å²) in [5.41, 5.74) is 1.05. The number of carboxylic acids is 1. The summed E-state index contributed by atoms with van der Waals surface area (Å²) in [5.74, 6) is -0.0308. The molecule has 2 heterocycles. The Morgan fingerprint density at radius 1 is 0.967 bits per heavy atom. The first-order chi connectivity index (χ1) is 14.5. The zero-order valence-corrected chi connectivity index (χ0v) is 17.5. The van der Waals surface area contributed by atoms with E-state index in [2.05, 4.69) is 9.80 Å². The molecule has 4 rings (SSSR count). The molecule has 1 saturated carbocycles. The lowest BCUT2D eigenvalue weighted by atomic mass is 9.81. The standard InChI is InChI=1S/C23H32FN3O3/c24-20-3-5-21(6-4-20)26-13-11-25(12-14-26)9-7-19-16-27(23(30)17-1-2-17)10-8-18(19)15-22(28)29/h3-6,17-19H,1-2,7-16H2,(H,28,29). The first-order valence-electron chi connectivity index (χ1n) is 11.2. The molecule has 164 valence electrons. The third kappa shape index (κ3) is 5.31. The quantitative estimate of drug-likeness (QED) is 0.739. The van der Waals surface area contributed by atoms with E-state index < -0.39 is 5.97 Å². The zero-order chi connectivity index (χ0) is 21.1. The Kier molecular flexibility index (Phi) is 6.56. The molecule has 1 aliphatic carbocycles. The van der Waals surface area contributed by atoms with Gasteiger partial charge in [0.05, 0.1) is 0 Å². The average molecular weight is 418 g/mol. The van der Waals surface area contributed by atoms with Crippen molar-refractivity contribution in [3.8, 4) is 0 Å². The lowest BCUT2D eigenvalue weighted by Gasteiger charge is -2.40. The number of hydrogen-bond acceptors (Lipinski definition) is 4. The SMILES string of the molecule is O=C(O)CC1CCN(C(=O)C2CC2)CC1CCN1CCN(c2ccc(F)cc2)CC1. The van der Waals surface area contributed by atoms with Gasteiger partial charge in [-0.25, -0.2) is 4.39 Å². The lowest BCUT2D eigenvalue weighted by Crippen LogP contribution is -2.49. The number of carbonyl (C=O) groups is 2. The van der Waals surface area contributed by atoms with Crippen LogP contribution < -0.4 is 4.90 Å². The van der Waals surface area contributed by atoms with Crippen molar-refractivity contribution in [1.82, 2.24) is 9.80 Å². The van der Waals surface area contributed by atoms with E-state index in [0.717, 1.165) is 64.1 Å². The highest BCUT2D eigenvalue weighted by molar-refractivity contribution is 5.81. The van der Waals surface area contributed by atoms with E-state index in [1.165, 1.54) is 12.1 Å². The number of piperazine rings is 1. The molecule has 7 heteroatoms. The van der Waals surface area contributed by atoms with Gasteiger partial charge in [0, 0.05) is 57.3 Å². The summed E-state index contributed by atoms with van der Waals surface area (Å²) >= 11 is 0. The number of rotatable bonds is 7. The first-order valence-corrected chi connectivity index (χ1v) is 11.2. The van der Waals surface area contributed by atoms with Crippen LogP contribution in [0.15, 0.2) is 24.3 Å². The summed E-state index contributed by atoms with van der Waals surface area (Å²) in [6.07, 6.45) is 3.96. The van der Waals surface area contributed by atoms with E-state index in [9.17, 15) is 19.1 Å². The number of amides is 1. The van der Waals surface area contributed by atoms with Crippen molar-refractivity contribution in [3.63, 3.8) is 0 Å². The molecule has 2 aliphatic heterocycles. The van der Waals surface area contributed by atoms with E-state index in [4.69, 9.17) is 0 Å². The fourth-order valence-electron chi connectivity index (χ4n) is 4.92. The van der Waals surface area contributed by atoms with Crippen LogP contribution in [0.25, 0.3) is 0 Å². The minimum atomic E-state index is -0.736. The van der Waals surface area contributed by atoms with Gasteiger partial charge in [-0.1, -0.05) is 0 Å². The predicted octanol–water partition coefficient (Wildman–Crippen LogP) is 2.69. The van der Waals surface area contributed by atoms with Crippen LogP contribution in [0.2, 0.25) is 0 Å². The molecule has 0 spiro atoms. The molecule has 2 saturated heterocycles. The number of anilines is 1. The second kappa shape index (κ2) is 9.33. The number of hydrogen-bond donors (Lipinski definition) is 1. The maximum absolute atomic E-state index is 13.1. The molecule has 6 nitrogen and oxygen atoms in total. The number of aliphatic carboxylic acids is 1. The number of likely N-dealkylation sites (tertiary alicyclic amines) is 1. The van der Waals surface area contributed by atoms with Gasteiger partial charge in [-0.2, -0.15) is 0 Å². The predicted molar refractivity (Wildman–Crippen MR) is 113 cm³/mol. The van der Waals surface area contributed by atoms with Gasteiger partial charge in [-0.15, -0.1) is 0 Å².